The summed E-state index contributed by atoms with van der Waals surface area (Å²) in [5.74, 6) is -0.0533. The number of nitrogens with one attached hydrogen (secondary N) is 2. The summed E-state index contributed by atoms with van der Waals surface area (Å²) in [7, 11) is -3.72. The lowest BCUT2D eigenvalue weighted by Crippen LogP contribution is -2.37. The Morgan fingerprint density at radius 3 is 2.29 bits per heavy atom. The summed E-state index contributed by atoms with van der Waals surface area (Å²) in [6, 6.07) is 20.5. The van der Waals surface area contributed by atoms with Gasteiger partial charge in [0.1, 0.15) is 0 Å². The smallest absolute Gasteiger partial charge is 0.261 e. The molecule has 7 heteroatoms. The molecule has 1 aliphatic heterocycles. The third kappa shape index (κ3) is 6.50. The second kappa shape index (κ2) is 10.6. The van der Waals surface area contributed by atoms with Crippen LogP contribution in [0.3, 0.4) is 0 Å². The first kappa shape index (κ1) is 24.9. The summed E-state index contributed by atoms with van der Waals surface area (Å²) in [5, 5.41) is 2.96. The van der Waals surface area contributed by atoms with E-state index in [2.05, 4.69) is 46.1 Å². The van der Waals surface area contributed by atoms with Crippen LogP contribution in [-0.2, 0) is 21.4 Å². The van der Waals surface area contributed by atoms with Gasteiger partial charge in [0.15, 0.2) is 0 Å². The molecule has 1 saturated heterocycles. The van der Waals surface area contributed by atoms with E-state index >= 15 is 0 Å². The molecule has 3 aromatic rings. The largest absolute Gasteiger partial charge is 0.326 e. The van der Waals surface area contributed by atoms with E-state index in [1.807, 2.05) is 32.0 Å². The van der Waals surface area contributed by atoms with Gasteiger partial charge in [0.2, 0.25) is 5.91 Å². The second-order valence-corrected chi connectivity index (χ2v) is 11.2. The van der Waals surface area contributed by atoms with Gasteiger partial charge in [0.25, 0.3) is 10.0 Å². The van der Waals surface area contributed by atoms with Crippen molar-refractivity contribution in [2.24, 2.45) is 5.92 Å². The molecule has 0 saturated carbocycles. The van der Waals surface area contributed by atoms with E-state index in [0.29, 0.717) is 11.4 Å². The van der Waals surface area contributed by atoms with Gasteiger partial charge in [0.05, 0.1) is 10.6 Å². The van der Waals surface area contributed by atoms with Crippen LogP contribution in [0.15, 0.2) is 71.6 Å². The third-order valence-corrected chi connectivity index (χ3v) is 7.90. The highest BCUT2D eigenvalue weighted by molar-refractivity contribution is 7.92. The van der Waals surface area contributed by atoms with Crippen LogP contribution in [0.5, 0.6) is 0 Å². The Labute approximate surface area is 208 Å². The number of sulfonamides is 1. The van der Waals surface area contributed by atoms with E-state index in [0.717, 1.165) is 43.6 Å². The first-order chi connectivity index (χ1) is 16.7. The predicted molar refractivity (Wildman–Crippen MR) is 141 cm³/mol. The van der Waals surface area contributed by atoms with E-state index in [-0.39, 0.29) is 16.7 Å². The van der Waals surface area contributed by atoms with Crippen molar-refractivity contribution in [3.05, 3.63) is 89.0 Å². The number of amides is 1. The maximum atomic E-state index is 12.8. The molecule has 3 aromatic carbocycles. The molecule has 6 nitrogen and oxygen atoms in total. The zero-order valence-corrected chi connectivity index (χ0v) is 21.4. The van der Waals surface area contributed by atoms with E-state index in [1.165, 1.54) is 23.3 Å². The minimum Gasteiger partial charge on any atom is -0.326 e. The molecule has 0 atom stereocenters. The lowest BCUT2D eigenvalue weighted by atomic mass is 9.95. The van der Waals surface area contributed by atoms with Crippen molar-refractivity contribution in [3.63, 3.8) is 0 Å². The molecular weight excluding hydrogens is 458 g/mol. The molecule has 0 radical (unpaired) electrons. The number of benzene rings is 3. The highest BCUT2D eigenvalue weighted by atomic mass is 32.2. The van der Waals surface area contributed by atoms with Crippen molar-refractivity contribution in [2.45, 2.75) is 45.1 Å². The average Bonchev–Trinajstić information content (AvgIpc) is 2.82. The van der Waals surface area contributed by atoms with E-state index in [1.54, 1.807) is 12.1 Å². The van der Waals surface area contributed by atoms with Crippen LogP contribution >= 0.6 is 0 Å². The monoisotopic (exact) mass is 491 g/mol. The third-order valence-electron chi connectivity index (χ3n) is 6.52. The van der Waals surface area contributed by atoms with Crippen LogP contribution in [0.25, 0.3) is 0 Å². The molecule has 184 valence electrons. The lowest BCUT2D eigenvalue weighted by molar-refractivity contribution is -0.121. The van der Waals surface area contributed by atoms with E-state index in [4.69, 9.17) is 0 Å². The quantitative estimate of drug-likeness (QED) is 0.472. The Balaban J connectivity index is 1.31. The number of carbonyl (C=O) groups is 1. The zero-order chi connectivity index (χ0) is 25.0. The molecular formula is C28H33N3O3S. The van der Waals surface area contributed by atoms with Crippen molar-refractivity contribution in [1.82, 2.24) is 4.90 Å². The van der Waals surface area contributed by atoms with Crippen LogP contribution in [-0.4, -0.2) is 32.3 Å². The number of carbonyl (C=O) groups excluding carboxylic acids is 1. The van der Waals surface area contributed by atoms with Crippen LogP contribution in [0, 0.1) is 26.7 Å². The van der Waals surface area contributed by atoms with Gasteiger partial charge in [-0.25, -0.2) is 8.42 Å². The van der Waals surface area contributed by atoms with E-state index in [9.17, 15) is 13.2 Å². The number of anilines is 2. The van der Waals surface area contributed by atoms with E-state index < -0.39 is 10.0 Å². The number of rotatable bonds is 7. The molecule has 1 heterocycles. The lowest BCUT2D eigenvalue weighted by Gasteiger charge is -2.31. The first-order valence-electron chi connectivity index (χ1n) is 12.0. The molecule has 0 unspecified atom stereocenters. The van der Waals surface area contributed by atoms with Gasteiger partial charge in [-0.05, 0) is 93.7 Å². The molecule has 0 bridgehead atoms. The summed E-state index contributed by atoms with van der Waals surface area (Å²) >= 11 is 0. The maximum absolute atomic E-state index is 12.8. The fourth-order valence-electron chi connectivity index (χ4n) is 4.43. The molecule has 0 spiro atoms. The number of hydrogen-bond donors (Lipinski definition) is 2. The number of hydrogen-bond acceptors (Lipinski definition) is 4. The number of piperidine rings is 1. The molecule has 2 N–H and O–H groups in total. The standard InChI is InChI=1S/C28H33N3O3S/c1-20-5-4-6-23(17-20)19-31-15-13-24(14-16-31)28(32)29-25-9-11-26(12-10-25)35(33,34)30-27-18-21(2)7-8-22(27)3/h4-12,17-18,24,30H,13-16,19H2,1-3H3,(H,29,32). The first-order valence-corrected chi connectivity index (χ1v) is 13.5. The van der Waals surface area contributed by atoms with Gasteiger partial charge in [0, 0.05) is 18.2 Å². The van der Waals surface area contributed by atoms with Crippen molar-refractivity contribution in [3.8, 4) is 0 Å². The highest BCUT2D eigenvalue weighted by Gasteiger charge is 2.25. The highest BCUT2D eigenvalue weighted by Crippen LogP contribution is 2.24. The van der Waals surface area contributed by atoms with Gasteiger partial charge >= 0.3 is 0 Å². The van der Waals surface area contributed by atoms with Gasteiger partial charge in [-0.3, -0.25) is 14.4 Å². The van der Waals surface area contributed by atoms with Gasteiger partial charge in [-0.2, -0.15) is 0 Å². The Morgan fingerprint density at radius 2 is 1.60 bits per heavy atom. The summed E-state index contributed by atoms with van der Waals surface area (Å²) < 4.78 is 28.3. The minimum absolute atomic E-state index is 0.00989. The number of likely N-dealkylation sites (tertiary alicyclic amines) is 1. The molecule has 1 aliphatic rings. The van der Waals surface area contributed by atoms with Crippen molar-refractivity contribution in [2.75, 3.05) is 23.1 Å². The van der Waals surface area contributed by atoms with Crippen molar-refractivity contribution in [1.29, 1.82) is 0 Å². The molecule has 1 fully saturated rings. The van der Waals surface area contributed by atoms with Gasteiger partial charge in [-0.1, -0.05) is 42.0 Å². The Morgan fingerprint density at radius 1 is 0.914 bits per heavy atom. The predicted octanol–water partition coefficient (Wildman–Crippen LogP) is 5.26. The minimum atomic E-state index is -3.72. The SMILES string of the molecule is Cc1cccc(CN2CCC(C(=O)Nc3ccc(S(=O)(=O)Nc4cc(C)ccc4C)cc3)CC2)c1. The van der Waals surface area contributed by atoms with Gasteiger partial charge in [-0.15, -0.1) is 0 Å². The summed E-state index contributed by atoms with van der Waals surface area (Å²) in [4.78, 5) is 15.4. The van der Waals surface area contributed by atoms with Gasteiger partial charge < -0.3 is 5.32 Å². The summed E-state index contributed by atoms with van der Waals surface area (Å²) in [6.07, 6.45) is 1.62. The van der Waals surface area contributed by atoms with Crippen molar-refractivity contribution >= 4 is 27.3 Å². The maximum Gasteiger partial charge on any atom is 0.261 e. The molecule has 0 aromatic heterocycles. The number of aryl methyl sites for hydroxylation is 3. The summed E-state index contributed by atoms with van der Waals surface area (Å²) in [5.41, 5.74) is 5.56. The Kier molecular flexibility index (Phi) is 7.57. The fourth-order valence-corrected chi connectivity index (χ4v) is 5.55. The molecule has 4 rings (SSSR count). The summed E-state index contributed by atoms with van der Waals surface area (Å²) in [6.45, 7) is 8.55. The average molecular weight is 492 g/mol. The number of nitrogens with zero attached hydrogens (tertiary/aromatic N) is 1. The van der Waals surface area contributed by atoms with Crippen LogP contribution in [0.1, 0.15) is 35.1 Å². The Hall–Kier alpha value is -3.16. The fraction of sp³-hybridized carbons (Fsp3) is 0.321. The second-order valence-electron chi connectivity index (χ2n) is 9.48. The normalized spacial score (nSPS) is 15.1. The molecule has 35 heavy (non-hydrogen) atoms. The molecule has 0 aliphatic carbocycles. The topological polar surface area (TPSA) is 78.5 Å². The zero-order valence-electron chi connectivity index (χ0n) is 20.5. The molecule has 1 amide bonds. The Bertz CT molecular complexity index is 1300. The van der Waals surface area contributed by atoms with Crippen LogP contribution in [0.2, 0.25) is 0 Å². The van der Waals surface area contributed by atoms with Crippen LogP contribution < -0.4 is 10.0 Å². The van der Waals surface area contributed by atoms with Crippen LogP contribution in [0.4, 0.5) is 11.4 Å². The van der Waals surface area contributed by atoms with Crippen molar-refractivity contribution < 1.29 is 13.2 Å².